The molecule has 1 heterocycles. The van der Waals surface area contributed by atoms with Gasteiger partial charge in [-0.25, -0.2) is 8.78 Å². The minimum absolute atomic E-state index is 0.0726. The van der Waals surface area contributed by atoms with E-state index < -0.39 is 5.82 Å². The molecule has 1 aliphatic rings. The smallest absolute Gasteiger partial charge is 0.253 e. The number of nitrogens with zero attached hydrogens (tertiary/aromatic N) is 1. The van der Waals surface area contributed by atoms with E-state index >= 15 is 0 Å². The van der Waals surface area contributed by atoms with Crippen molar-refractivity contribution >= 4 is 5.91 Å². The maximum absolute atomic E-state index is 13.3. The maximum atomic E-state index is 13.3. The number of rotatable bonds is 6. The van der Waals surface area contributed by atoms with Crippen molar-refractivity contribution in [2.24, 2.45) is 0 Å². The Bertz CT molecular complexity index is 728. The highest BCUT2D eigenvalue weighted by atomic mass is 19.1. The number of amides is 1. The lowest BCUT2D eigenvalue weighted by Crippen LogP contribution is -2.41. The van der Waals surface area contributed by atoms with Crippen molar-refractivity contribution in [2.45, 2.75) is 18.9 Å². The number of hydrogen-bond donors (Lipinski definition) is 0. The summed E-state index contributed by atoms with van der Waals surface area (Å²) in [6, 6.07) is 11.6. The lowest BCUT2D eigenvalue weighted by atomic mass is 10.1. The normalized spacial score (nSPS) is 15.1. The van der Waals surface area contributed by atoms with E-state index in [0.717, 1.165) is 12.8 Å². The number of carbonyl (C=O) groups is 1. The maximum Gasteiger partial charge on any atom is 0.253 e. The van der Waals surface area contributed by atoms with Crippen molar-refractivity contribution in [3.8, 4) is 5.75 Å². The molecule has 1 fully saturated rings. The number of ether oxygens (including phenoxy) is 2. The predicted octanol–water partition coefficient (Wildman–Crippen LogP) is 3.67. The third-order valence-corrected chi connectivity index (χ3v) is 4.32. The van der Waals surface area contributed by atoms with Crippen LogP contribution in [-0.4, -0.2) is 43.2 Å². The van der Waals surface area contributed by atoms with E-state index in [1.165, 1.54) is 24.3 Å². The summed E-state index contributed by atoms with van der Waals surface area (Å²) in [7, 11) is 0. The van der Waals surface area contributed by atoms with Crippen molar-refractivity contribution in [1.82, 2.24) is 4.90 Å². The van der Waals surface area contributed by atoms with Crippen LogP contribution in [0.1, 0.15) is 23.2 Å². The topological polar surface area (TPSA) is 38.8 Å². The van der Waals surface area contributed by atoms with Crippen molar-refractivity contribution in [3.63, 3.8) is 0 Å². The van der Waals surface area contributed by atoms with Crippen LogP contribution in [0, 0.1) is 11.6 Å². The molecule has 1 saturated heterocycles. The van der Waals surface area contributed by atoms with Gasteiger partial charge in [0.25, 0.3) is 5.91 Å². The van der Waals surface area contributed by atoms with Gasteiger partial charge in [-0.2, -0.15) is 0 Å². The molecule has 2 aromatic carbocycles. The zero-order valence-corrected chi connectivity index (χ0v) is 14.4. The predicted molar refractivity (Wildman–Crippen MR) is 93.2 cm³/mol. The van der Waals surface area contributed by atoms with E-state index in [4.69, 9.17) is 9.47 Å². The summed E-state index contributed by atoms with van der Waals surface area (Å²) in [6.07, 6.45) is 1.54. The average molecular weight is 361 g/mol. The van der Waals surface area contributed by atoms with E-state index in [-0.39, 0.29) is 17.8 Å². The number of likely N-dealkylation sites (tertiary alicyclic amines) is 1. The molecule has 4 nitrogen and oxygen atoms in total. The third-order valence-electron chi connectivity index (χ3n) is 4.32. The highest BCUT2D eigenvalue weighted by Gasteiger charge is 2.24. The zero-order valence-electron chi connectivity index (χ0n) is 14.4. The quantitative estimate of drug-likeness (QED) is 0.737. The van der Waals surface area contributed by atoms with Crippen LogP contribution in [0.15, 0.2) is 48.5 Å². The number of hydrogen-bond acceptors (Lipinski definition) is 3. The van der Waals surface area contributed by atoms with Gasteiger partial charge in [0.1, 0.15) is 24.0 Å². The summed E-state index contributed by atoms with van der Waals surface area (Å²) >= 11 is 0. The van der Waals surface area contributed by atoms with E-state index in [9.17, 15) is 13.6 Å². The van der Waals surface area contributed by atoms with Crippen LogP contribution in [0.3, 0.4) is 0 Å². The molecule has 0 unspecified atom stereocenters. The van der Waals surface area contributed by atoms with Gasteiger partial charge in [-0.15, -0.1) is 0 Å². The summed E-state index contributed by atoms with van der Waals surface area (Å²) in [5.41, 5.74) is 0.372. The fraction of sp³-hybridized carbons (Fsp3) is 0.350. The van der Waals surface area contributed by atoms with Crippen LogP contribution in [0.4, 0.5) is 8.78 Å². The highest BCUT2D eigenvalue weighted by molar-refractivity contribution is 5.94. The van der Waals surface area contributed by atoms with Gasteiger partial charge in [0.05, 0.1) is 12.7 Å². The number of piperidine rings is 1. The summed E-state index contributed by atoms with van der Waals surface area (Å²) in [6.45, 7) is 1.98. The minimum Gasteiger partial charge on any atom is -0.491 e. The number of benzene rings is 2. The Hall–Kier alpha value is -2.47. The first-order valence-corrected chi connectivity index (χ1v) is 8.66. The fourth-order valence-electron chi connectivity index (χ4n) is 2.93. The SMILES string of the molecule is O=C(c1cccc(F)c1)N1CCC(OCCOc2ccc(F)cc2)CC1. The van der Waals surface area contributed by atoms with E-state index in [1.807, 2.05) is 0 Å². The molecular formula is C20H21F2NO3. The molecule has 0 spiro atoms. The largest absolute Gasteiger partial charge is 0.491 e. The lowest BCUT2D eigenvalue weighted by molar-refractivity contribution is -0.00239. The Labute approximate surface area is 151 Å². The van der Waals surface area contributed by atoms with Gasteiger partial charge < -0.3 is 14.4 Å². The van der Waals surface area contributed by atoms with Crippen LogP contribution in [0.5, 0.6) is 5.75 Å². The molecule has 1 aliphatic heterocycles. The Balaban J connectivity index is 1.37. The molecule has 0 aliphatic carbocycles. The molecule has 0 radical (unpaired) electrons. The first-order chi connectivity index (χ1) is 12.6. The molecule has 0 N–H and O–H groups in total. The van der Waals surface area contributed by atoms with Gasteiger partial charge in [0.15, 0.2) is 0 Å². The molecule has 0 saturated carbocycles. The second-order valence-corrected chi connectivity index (χ2v) is 6.18. The highest BCUT2D eigenvalue weighted by Crippen LogP contribution is 2.17. The monoisotopic (exact) mass is 361 g/mol. The number of halogens is 2. The first kappa shape index (κ1) is 18.3. The Morgan fingerprint density at radius 1 is 1.00 bits per heavy atom. The minimum atomic E-state index is -0.407. The summed E-state index contributed by atoms with van der Waals surface area (Å²) < 4.78 is 37.3. The number of carbonyl (C=O) groups excluding carboxylic acids is 1. The van der Waals surface area contributed by atoms with Crippen molar-refractivity contribution in [3.05, 3.63) is 65.7 Å². The van der Waals surface area contributed by atoms with Crippen LogP contribution in [0.25, 0.3) is 0 Å². The summed E-state index contributed by atoms with van der Waals surface area (Å²) in [5.74, 6) is -0.253. The van der Waals surface area contributed by atoms with Gasteiger partial charge in [-0.05, 0) is 55.3 Å². The third kappa shape index (κ3) is 5.02. The molecule has 0 bridgehead atoms. The van der Waals surface area contributed by atoms with Crippen molar-refractivity contribution in [2.75, 3.05) is 26.3 Å². The second-order valence-electron chi connectivity index (χ2n) is 6.18. The first-order valence-electron chi connectivity index (χ1n) is 8.66. The van der Waals surface area contributed by atoms with Crippen LogP contribution in [-0.2, 0) is 4.74 Å². The molecule has 3 rings (SSSR count). The van der Waals surface area contributed by atoms with Crippen molar-refractivity contribution in [1.29, 1.82) is 0 Å². The van der Waals surface area contributed by atoms with Crippen LogP contribution < -0.4 is 4.74 Å². The molecule has 6 heteroatoms. The van der Waals surface area contributed by atoms with Crippen LogP contribution in [0.2, 0.25) is 0 Å². The molecule has 26 heavy (non-hydrogen) atoms. The average Bonchev–Trinajstić information content (AvgIpc) is 2.66. The zero-order chi connectivity index (χ0) is 18.4. The Morgan fingerprint density at radius 2 is 1.73 bits per heavy atom. The molecule has 138 valence electrons. The van der Waals surface area contributed by atoms with Crippen LogP contribution >= 0.6 is 0 Å². The van der Waals surface area contributed by atoms with E-state index in [2.05, 4.69) is 0 Å². The summed E-state index contributed by atoms with van der Waals surface area (Å²) in [4.78, 5) is 14.1. The Morgan fingerprint density at radius 3 is 2.42 bits per heavy atom. The molecule has 0 aromatic heterocycles. The second kappa shape index (κ2) is 8.76. The van der Waals surface area contributed by atoms with Gasteiger partial charge in [-0.1, -0.05) is 6.07 Å². The molecule has 1 amide bonds. The molecular weight excluding hydrogens is 340 g/mol. The fourth-order valence-corrected chi connectivity index (χ4v) is 2.93. The van der Waals surface area contributed by atoms with Gasteiger partial charge in [0.2, 0.25) is 0 Å². The van der Waals surface area contributed by atoms with Gasteiger partial charge in [0, 0.05) is 18.7 Å². The molecule has 0 atom stereocenters. The molecule has 2 aromatic rings. The lowest BCUT2D eigenvalue weighted by Gasteiger charge is -2.32. The van der Waals surface area contributed by atoms with Gasteiger partial charge >= 0.3 is 0 Å². The van der Waals surface area contributed by atoms with E-state index in [1.54, 1.807) is 29.2 Å². The van der Waals surface area contributed by atoms with E-state index in [0.29, 0.717) is 37.6 Å². The van der Waals surface area contributed by atoms with Gasteiger partial charge in [-0.3, -0.25) is 4.79 Å². The Kier molecular flexibility index (Phi) is 6.17. The van der Waals surface area contributed by atoms with Crippen molar-refractivity contribution < 1.29 is 23.0 Å². The standard InChI is InChI=1S/C20H21F2NO3/c21-16-4-6-18(7-5-16)25-12-13-26-19-8-10-23(11-9-19)20(24)15-2-1-3-17(22)14-15/h1-7,14,19H,8-13H2. The summed E-state index contributed by atoms with van der Waals surface area (Å²) in [5, 5.41) is 0.